The number of halogens is 4. The number of anilines is 2. The minimum absolute atomic E-state index is 0.0911. The minimum atomic E-state index is -4.41. The second kappa shape index (κ2) is 9.11. The Bertz CT molecular complexity index is 1300. The van der Waals surface area contributed by atoms with Gasteiger partial charge in [-0.15, -0.1) is 0 Å². The Kier molecular flexibility index (Phi) is 6.23. The van der Waals surface area contributed by atoms with Crippen LogP contribution in [0.2, 0.25) is 0 Å². The number of hydrogen-bond acceptors (Lipinski definition) is 3. The average molecular weight is 555 g/mol. The third-order valence-corrected chi connectivity index (χ3v) is 7.39. The largest absolute Gasteiger partial charge is 0.416 e. The van der Waals surface area contributed by atoms with Crippen LogP contribution >= 0.6 is 15.9 Å². The van der Waals surface area contributed by atoms with E-state index in [1.807, 2.05) is 59.5 Å². The van der Waals surface area contributed by atoms with Crippen molar-refractivity contribution in [1.29, 1.82) is 0 Å². The molecule has 0 bridgehead atoms. The molecule has 36 heavy (non-hydrogen) atoms. The maximum Gasteiger partial charge on any atom is 0.416 e. The summed E-state index contributed by atoms with van der Waals surface area (Å²) in [6.45, 7) is 4.54. The summed E-state index contributed by atoms with van der Waals surface area (Å²) >= 11 is 3.51. The van der Waals surface area contributed by atoms with E-state index in [0.717, 1.165) is 45.5 Å². The van der Waals surface area contributed by atoms with Gasteiger partial charge in [-0.25, -0.2) is 0 Å². The molecule has 186 valence electrons. The third-order valence-electron chi connectivity index (χ3n) is 6.86. The fourth-order valence-corrected chi connectivity index (χ4v) is 5.47. The number of benzene rings is 3. The van der Waals surface area contributed by atoms with E-state index in [2.05, 4.69) is 34.7 Å². The highest BCUT2D eigenvalue weighted by Crippen LogP contribution is 2.48. The van der Waals surface area contributed by atoms with Gasteiger partial charge in [0.2, 0.25) is 0 Å². The zero-order valence-corrected chi connectivity index (χ0v) is 21.6. The molecule has 2 aliphatic rings. The SMILES string of the molecule is CC1(C)CC(=O)C2=C(C1)N(c1ccccc1)C(c1ccc(Br)cc1)N(c1ccc(C(F)(F)F)cc1)C2. The molecule has 1 heterocycles. The van der Waals surface area contributed by atoms with Crippen LogP contribution in [0.3, 0.4) is 0 Å². The molecular weight excluding hydrogens is 529 g/mol. The standard InChI is InChI=1S/C29H26BrF3N2O/c1-28(2)16-25-24(26(36)17-28)18-34(22-14-10-20(11-15-22)29(31,32)33)27(19-8-12-21(30)13-9-19)35(25)23-6-4-3-5-7-23/h3-15,27H,16-18H2,1-2H3. The summed E-state index contributed by atoms with van der Waals surface area (Å²) in [6, 6.07) is 23.1. The molecule has 0 amide bonds. The van der Waals surface area contributed by atoms with Crippen molar-refractivity contribution < 1.29 is 18.0 Å². The van der Waals surface area contributed by atoms with Crippen molar-refractivity contribution in [1.82, 2.24) is 0 Å². The van der Waals surface area contributed by atoms with Crippen molar-refractivity contribution in [2.75, 3.05) is 16.3 Å². The molecule has 0 spiro atoms. The smallest absolute Gasteiger partial charge is 0.342 e. The molecule has 1 aliphatic heterocycles. The van der Waals surface area contributed by atoms with Crippen LogP contribution in [0.25, 0.3) is 0 Å². The number of carbonyl (C=O) groups excluding carboxylic acids is 1. The van der Waals surface area contributed by atoms with Crippen molar-refractivity contribution >= 4 is 33.1 Å². The number of carbonyl (C=O) groups is 1. The predicted molar refractivity (Wildman–Crippen MR) is 140 cm³/mol. The highest BCUT2D eigenvalue weighted by molar-refractivity contribution is 9.10. The lowest BCUT2D eigenvalue weighted by molar-refractivity contribution is -0.137. The normalized spacial score (nSPS) is 19.9. The number of alkyl halides is 3. The van der Waals surface area contributed by atoms with Crippen molar-refractivity contribution in [3.05, 3.63) is 106 Å². The molecule has 1 atom stereocenters. The van der Waals surface area contributed by atoms with E-state index in [4.69, 9.17) is 0 Å². The van der Waals surface area contributed by atoms with E-state index >= 15 is 0 Å². The lowest BCUT2D eigenvalue weighted by atomic mass is 9.74. The molecule has 3 nitrogen and oxygen atoms in total. The zero-order chi connectivity index (χ0) is 25.7. The van der Waals surface area contributed by atoms with E-state index in [0.29, 0.717) is 18.7 Å². The molecule has 0 saturated heterocycles. The van der Waals surface area contributed by atoms with Gasteiger partial charge in [-0.05, 0) is 65.9 Å². The lowest BCUT2D eigenvalue weighted by Gasteiger charge is -2.51. The summed E-state index contributed by atoms with van der Waals surface area (Å²) < 4.78 is 40.8. The second-order valence-electron chi connectivity index (χ2n) is 10.2. The average Bonchev–Trinajstić information content (AvgIpc) is 2.83. The van der Waals surface area contributed by atoms with Crippen molar-refractivity contribution in [2.45, 2.75) is 39.0 Å². The second-order valence-corrected chi connectivity index (χ2v) is 11.1. The molecular formula is C29H26BrF3N2O. The van der Waals surface area contributed by atoms with Gasteiger partial charge in [0.05, 0.1) is 12.1 Å². The molecule has 3 aromatic carbocycles. The first-order valence-corrected chi connectivity index (χ1v) is 12.6. The van der Waals surface area contributed by atoms with Gasteiger partial charge in [0, 0.05) is 33.5 Å². The highest BCUT2D eigenvalue weighted by atomic mass is 79.9. The van der Waals surface area contributed by atoms with Gasteiger partial charge in [0.25, 0.3) is 0 Å². The van der Waals surface area contributed by atoms with Gasteiger partial charge in [-0.1, -0.05) is 60.1 Å². The monoisotopic (exact) mass is 554 g/mol. The molecule has 1 unspecified atom stereocenters. The summed E-state index contributed by atoms with van der Waals surface area (Å²) in [7, 11) is 0. The maximum atomic E-state index is 13.4. The third kappa shape index (κ3) is 4.69. The number of Topliss-reactive ketones (excluding diaryl/α,β-unsaturated/α-hetero) is 1. The lowest BCUT2D eigenvalue weighted by Crippen LogP contribution is -2.51. The molecule has 0 aromatic heterocycles. The maximum absolute atomic E-state index is 13.4. The molecule has 0 saturated carbocycles. The van der Waals surface area contributed by atoms with Crippen LogP contribution in [-0.2, 0) is 11.0 Å². The number of hydrogen-bond donors (Lipinski definition) is 0. The number of para-hydroxylation sites is 1. The van der Waals surface area contributed by atoms with E-state index in [9.17, 15) is 18.0 Å². The minimum Gasteiger partial charge on any atom is -0.342 e. The molecule has 0 fully saturated rings. The van der Waals surface area contributed by atoms with E-state index in [-0.39, 0.29) is 17.4 Å². The zero-order valence-electron chi connectivity index (χ0n) is 20.0. The van der Waals surface area contributed by atoms with Gasteiger partial charge in [-0.3, -0.25) is 4.79 Å². The first kappa shape index (κ1) is 24.6. The Labute approximate surface area is 217 Å². The van der Waals surface area contributed by atoms with Crippen LogP contribution in [0.15, 0.2) is 94.6 Å². The van der Waals surface area contributed by atoms with Crippen LogP contribution < -0.4 is 9.80 Å². The highest BCUT2D eigenvalue weighted by Gasteiger charge is 2.44. The Morgan fingerprint density at radius 1 is 0.861 bits per heavy atom. The van der Waals surface area contributed by atoms with Gasteiger partial charge in [0.1, 0.15) is 6.17 Å². The Morgan fingerprint density at radius 3 is 2.11 bits per heavy atom. The quantitative estimate of drug-likeness (QED) is 0.326. The number of rotatable bonds is 3. The summed E-state index contributed by atoms with van der Waals surface area (Å²) in [4.78, 5) is 17.6. The van der Waals surface area contributed by atoms with Crippen LogP contribution in [0.5, 0.6) is 0 Å². The summed E-state index contributed by atoms with van der Waals surface area (Å²) in [5.41, 5.74) is 3.36. The molecule has 0 radical (unpaired) electrons. The number of nitrogens with zero attached hydrogens (tertiary/aromatic N) is 2. The number of allylic oxidation sites excluding steroid dienone is 1. The van der Waals surface area contributed by atoms with Crippen LogP contribution in [0, 0.1) is 5.41 Å². The van der Waals surface area contributed by atoms with Gasteiger partial charge in [0.15, 0.2) is 5.78 Å². The first-order valence-electron chi connectivity index (χ1n) is 11.8. The van der Waals surface area contributed by atoms with Crippen LogP contribution in [-0.4, -0.2) is 12.3 Å². The van der Waals surface area contributed by atoms with Gasteiger partial charge >= 0.3 is 6.18 Å². The first-order chi connectivity index (χ1) is 17.0. The van der Waals surface area contributed by atoms with Crippen molar-refractivity contribution in [3.63, 3.8) is 0 Å². The summed E-state index contributed by atoms with van der Waals surface area (Å²) in [5, 5.41) is 0. The van der Waals surface area contributed by atoms with E-state index in [1.165, 1.54) is 12.1 Å². The van der Waals surface area contributed by atoms with Crippen LogP contribution in [0.4, 0.5) is 24.5 Å². The molecule has 5 rings (SSSR count). The number of ketones is 1. The molecule has 1 aliphatic carbocycles. The van der Waals surface area contributed by atoms with Crippen molar-refractivity contribution in [2.24, 2.45) is 5.41 Å². The molecule has 7 heteroatoms. The van der Waals surface area contributed by atoms with E-state index < -0.39 is 11.7 Å². The van der Waals surface area contributed by atoms with Gasteiger partial charge < -0.3 is 9.80 Å². The topological polar surface area (TPSA) is 23.6 Å². The van der Waals surface area contributed by atoms with Gasteiger partial charge in [-0.2, -0.15) is 13.2 Å². The predicted octanol–water partition coefficient (Wildman–Crippen LogP) is 8.14. The summed E-state index contributed by atoms with van der Waals surface area (Å²) in [6.07, 6.45) is -3.59. The Hall–Kier alpha value is -3.06. The fourth-order valence-electron chi connectivity index (χ4n) is 5.20. The Balaban J connectivity index is 1.72. The molecule has 0 N–H and O–H groups in total. The fraction of sp³-hybridized carbons (Fsp3) is 0.276. The van der Waals surface area contributed by atoms with Crippen molar-refractivity contribution in [3.8, 4) is 0 Å². The molecule has 3 aromatic rings. The Morgan fingerprint density at radius 2 is 1.50 bits per heavy atom. The van der Waals surface area contributed by atoms with E-state index in [1.54, 1.807) is 0 Å². The van der Waals surface area contributed by atoms with Crippen LogP contribution in [0.1, 0.15) is 44.0 Å². The summed E-state index contributed by atoms with van der Waals surface area (Å²) in [5.74, 6) is 0.0911.